The number of esters is 1. The van der Waals surface area contributed by atoms with E-state index in [0.29, 0.717) is 0 Å². The molecule has 0 aliphatic heterocycles. The second kappa shape index (κ2) is 8.79. The van der Waals surface area contributed by atoms with Gasteiger partial charge in [0.1, 0.15) is 11.9 Å². The van der Waals surface area contributed by atoms with E-state index < -0.39 is 12.0 Å². The second-order valence-corrected chi connectivity index (χ2v) is 7.06. The van der Waals surface area contributed by atoms with Crippen LogP contribution in [-0.2, 0) is 20.7 Å². The largest absolute Gasteiger partial charge is 0.467 e. The monoisotopic (exact) mass is 414 g/mol. The Hall–Kier alpha value is -4.00. The highest BCUT2D eigenvalue weighted by Crippen LogP contribution is 2.36. The van der Waals surface area contributed by atoms with E-state index in [0.717, 1.165) is 33.7 Å². The minimum Gasteiger partial charge on any atom is -0.467 e. The number of carbonyl (C=O) groups excluding carboxylic acids is 2. The highest BCUT2D eigenvalue weighted by Gasteiger charge is 2.27. The molecule has 1 aromatic carbocycles. The Kier molecular flexibility index (Phi) is 5.75. The Morgan fingerprint density at radius 3 is 2.35 bits per heavy atom. The fraction of sp³-hybridized carbons (Fsp3) is 0.167. The summed E-state index contributed by atoms with van der Waals surface area (Å²) in [6, 6.07) is 18.5. The van der Waals surface area contributed by atoms with Gasteiger partial charge in [0.05, 0.1) is 24.0 Å². The predicted octanol–water partition coefficient (Wildman–Crippen LogP) is 3.31. The third kappa shape index (κ3) is 4.02. The van der Waals surface area contributed by atoms with Gasteiger partial charge in [-0.25, -0.2) is 9.78 Å². The molecule has 0 aliphatic carbocycles. The number of amides is 1. The molecule has 3 heterocycles. The Morgan fingerprint density at radius 1 is 1.00 bits per heavy atom. The van der Waals surface area contributed by atoms with Gasteiger partial charge >= 0.3 is 5.97 Å². The lowest BCUT2D eigenvalue weighted by atomic mass is 10.0. The van der Waals surface area contributed by atoms with Crippen molar-refractivity contribution in [3.8, 4) is 17.2 Å². The number of rotatable bonds is 6. The molecule has 1 atom stereocenters. The third-order valence-electron chi connectivity index (χ3n) is 5.04. The number of para-hydroxylation sites is 1. The van der Waals surface area contributed by atoms with Gasteiger partial charge in [-0.1, -0.05) is 30.3 Å². The van der Waals surface area contributed by atoms with Gasteiger partial charge in [-0.3, -0.25) is 14.3 Å². The maximum atomic E-state index is 12.4. The smallest absolute Gasteiger partial charge is 0.328 e. The summed E-state index contributed by atoms with van der Waals surface area (Å²) >= 11 is 0. The predicted molar refractivity (Wildman–Crippen MR) is 118 cm³/mol. The zero-order valence-corrected chi connectivity index (χ0v) is 17.3. The number of aromatic nitrogens is 3. The van der Waals surface area contributed by atoms with Crippen molar-refractivity contribution < 1.29 is 14.3 Å². The summed E-state index contributed by atoms with van der Waals surface area (Å²) in [7, 11) is 1.31. The summed E-state index contributed by atoms with van der Waals surface area (Å²) in [4.78, 5) is 33.3. The van der Waals surface area contributed by atoms with E-state index in [1.165, 1.54) is 14.0 Å². The van der Waals surface area contributed by atoms with E-state index in [1.807, 2.05) is 65.2 Å². The van der Waals surface area contributed by atoms with Crippen molar-refractivity contribution in [1.29, 1.82) is 0 Å². The molecule has 0 saturated carbocycles. The number of carbonyl (C=O) groups is 2. The quantitative estimate of drug-likeness (QED) is 0.489. The van der Waals surface area contributed by atoms with E-state index in [1.54, 1.807) is 12.4 Å². The maximum Gasteiger partial charge on any atom is 0.328 e. The number of fused-ring (bicyclic) bond motifs is 1. The number of nitrogens with zero attached hydrogens (tertiary/aromatic N) is 3. The van der Waals surface area contributed by atoms with Crippen LogP contribution >= 0.6 is 0 Å². The number of hydrogen-bond donors (Lipinski definition) is 1. The molecular formula is C24H22N4O3. The standard InChI is InChI=1S/C24H22N4O3/c1-16(29)27-20(24(30)31-2)15-18-17-9-3-4-11-21(17)28(22-12-6-8-14-26-22)23(18)19-10-5-7-13-25-19/h3-14,20H,15H2,1-2H3,(H,27,29)/t20-/m0/s1. The molecule has 0 unspecified atom stereocenters. The Morgan fingerprint density at radius 2 is 1.71 bits per heavy atom. The van der Waals surface area contributed by atoms with Crippen molar-refractivity contribution in [2.45, 2.75) is 19.4 Å². The van der Waals surface area contributed by atoms with Crippen molar-refractivity contribution >= 4 is 22.8 Å². The number of benzene rings is 1. The maximum absolute atomic E-state index is 12.4. The van der Waals surface area contributed by atoms with Crippen molar-refractivity contribution in [1.82, 2.24) is 19.9 Å². The number of ether oxygens (including phenoxy) is 1. The average molecular weight is 414 g/mol. The molecule has 7 heteroatoms. The van der Waals surface area contributed by atoms with Crippen LogP contribution in [0.2, 0.25) is 0 Å². The van der Waals surface area contributed by atoms with Crippen LogP contribution < -0.4 is 5.32 Å². The van der Waals surface area contributed by atoms with Crippen molar-refractivity contribution in [3.05, 3.63) is 78.6 Å². The van der Waals surface area contributed by atoms with E-state index in [9.17, 15) is 9.59 Å². The first-order valence-electron chi connectivity index (χ1n) is 9.90. The fourth-order valence-electron chi connectivity index (χ4n) is 3.79. The molecule has 156 valence electrons. The molecule has 3 aromatic heterocycles. The number of pyridine rings is 2. The SMILES string of the molecule is COC(=O)[C@H](Cc1c(-c2ccccn2)n(-c2ccccn2)c2ccccc12)NC(C)=O. The molecule has 0 fully saturated rings. The highest BCUT2D eigenvalue weighted by atomic mass is 16.5. The Balaban J connectivity index is 2.00. The first-order chi connectivity index (χ1) is 15.1. The molecule has 0 spiro atoms. The molecule has 0 saturated heterocycles. The minimum atomic E-state index is -0.826. The molecule has 1 amide bonds. The molecule has 4 aromatic rings. The summed E-state index contributed by atoms with van der Waals surface area (Å²) in [6.07, 6.45) is 3.71. The first kappa shape index (κ1) is 20.3. The third-order valence-corrected chi connectivity index (χ3v) is 5.04. The van der Waals surface area contributed by atoms with Crippen LogP contribution in [0.1, 0.15) is 12.5 Å². The van der Waals surface area contributed by atoms with Gasteiger partial charge in [0, 0.05) is 31.1 Å². The fourth-order valence-corrected chi connectivity index (χ4v) is 3.79. The van der Waals surface area contributed by atoms with Crippen molar-refractivity contribution in [2.24, 2.45) is 0 Å². The zero-order valence-electron chi connectivity index (χ0n) is 17.3. The topological polar surface area (TPSA) is 86.1 Å². The lowest BCUT2D eigenvalue weighted by Crippen LogP contribution is -2.42. The minimum absolute atomic E-state index is 0.249. The summed E-state index contributed by atoms with van der Waals surface area (Å²) < 4.78 is 6.98. The van der Waals surface area contributed by atoms with Gasteiger partial charge in [0.15, 0.2) is 0 Å². The van der Waals surface area contributed by atoms with E-state index in [-0.39, 0.29) is 12.3 Å². The number of hydrogen-bond acceptors (Lipinski definition) is 5. The van der Waals surface area contributed by atoms with Crippen LogP contribution in [0.4, 0.5) is 0 Å². The summed E-state index contributed by atoms with van der Waals surface area (Å²) in [5.41, 5.74) is 3.37. The number of nitrogens with one attached hydrogen (secondary N) is 1. The summed E-state index contributed by atoms with van der Waals surface area (Å²) in [6.45, 7) is 1.38. The normalized spacial score (nSPS) is 11.8. The molecule has 0 bridgehead atoms. The summed E-state index contributed by atoms with van der Waals surface area (Å²) in [5.74, 6) is -0.0696. The molecule has 0 radical (unpaired) electrons. The molecule has 0 aliphatic rings. The van der Waals surface area contributed by atoms with Crippen LogP contribution in [0, 0.1) is 0 Å². The molecule has 7 nitrogen and oxygen atoms in total. The van der Waals surface area contributed by atoms with Gasteiger partial charge in [-0.2, -0.15) is 0 Å². The Bertz CT molecular complexity index is 1220. The van der Waals surface area contributed by atoms with Gasteiger partial charge in [-0.05, 0) is 35.9 Å². The highest BCUT2D eigenvalue weighted by molar-refractivity contribution is 5.94. The Labute approximate surface area is 179 Å². The average Bonchev–Trinajstić information content (AvgIpc) is 3.13. The number of methoxy groups -OCH3 is 1. The molecule has 31 heavy (non-hydrogen) atoms. The van der Waals surface area contributed by atoms with Crippen LogP contribution in [-0.4, -0.2) is 39.6 Å². The van der Waals surface area contributed by atoms with Crippen LogP contribution in [0.3, 0.4) is 0 Å². The molecule has 4 rings (SSSR count). The van der Waals surface area contributed by atoms with E-state index in [4.69, 9.17) is 4.74 Å². The van der Waals surface area contributed by atoms with Crippen LogP contribution in [0.5, 0.6) is 0 Å². The van der Waals surface area contributed by atoms with E-state index in [2.05, 4.69) is 15.3 Å². The molecule has 1 N–H and O–H groups in total. The lowest BCUT2D eigenvalue weighted by molar-refractivity contribution is -0.144. The van der Waals surface area contributed by atoms with E-state index >= 15 is 0 Å². The van der Waals surface area contributed by atoms with Crippen LogP contribution in [0.15, 0.2) is 73.1 Å². The summed E-state index contributed by atoms with van der Waals surface area (Å²) in [5, 5.41) is 3.66. The van der Waals surface area contributed by atoms with Crippen molar-refractivity contribution in [2.75, 3.05) is 7.11 Å². The van der Waals surface area contributed by atoms with Crippen LogP contribution in [0.25, 0.3) is 28.1 Å². The van der Waals surface area contributed by atoms with Gasteiger partial charge in [0.2, 0.25) is 5.91 Å². The van der Waals surface area contributed by atoms with Gasteiger partial charge in [-0.15, -0.1) is 0 Å². The molecular weight excluding hydrogens is 392 g/mol. The second-order valence-electron chi connectivity index (χ2n) is 7.06. The van der Waals surface area contributed by atoms with Gasteiger partial charge < -0.3 is 10.1 Å². The first-order valence-corrected chi connectivity index (χ1v) is 9.90. The zero-order chi connectivity index (χ0) is 21.8. The lowest BCUT2D eigenvalue weighted by Gasteiger charge is -2.17. The van der Waals surface area contributed by atoms with Crippen molar-refractivity contribution in [3.63, 3.8) is 0 Å². The van der Waals surface area contributed by atoms with Gasteiger partial charge in [0.25, 0.3) is 0 Å².